The highest BCUT2D eigenvalue weighted by Crippen LogP contribution is 2.35. The van der Waals surface area contributed by atoms with Crippen molar-refractivity contribution in [1.29, 1.82) is 0 Å². The molecular formula is C23H24N6O2. The van der Waals surface area contributed by atoms with Crippen LogP contribution in [0.2, 0.25) is 0 Å². The molecule has 0 aliphatic carbocycles. The van der Waals surface area contributed by atoms with Crippen LogP contribution in [0.25, 0.3) is 27.4 Å². The third kappa shape index (κ3) is 3.11. The van der Waals surface area contributed by atoms with E-state index in [0.29, 0.717) is 29.0 Å². The molecule has 4 aromatic rings. The van der Waals surface area contributed by atoms with Gasteiger partial charge in [-0.1, -0.05) is 31.2 Å². The number of anilines is 1. The molecule has 4 heterocycles. The van der Waals surface area contributed by atoms with E-state index in [9.17, 15) is 4.79 Å². The van der Waals surface area contributed by atoms with Gasteiger partial charge in [0.1, 0.15) is 23.9 Å². The Kier molecular flexibility index (Phi) is 4.78. The van der Waals surface area contributed by atoms with E-state index in [1.165, 1.54) is 11.9 Å². The van der Waals surface area contributed by atoms with E-state index in [-0.39, 0.29) is 11.7 Å². The van der Waals surface area contributed by atoms with Crippen molar-refractivity contribution in [2.75, 3.05) is 18.8 Å². The molecule has 0 radical (unpaired) electrons. The van der Waals surface area contributed by atoms with Gasteiger partial charge in [0.05, 0.1) is 16.5 Å². The van der Waals surface area contributed by atoms with E-state index >= 15 is 0 Å². The average Bonchev–Trinajstić information content (AvgIpc) is 3.19. The zero-order chi connectivity index (χ0) is 21.5. The van der Waals surface area contributed by atoms with Gasteiger partial charge in [0.15, 0.2) is 5.65 Å². The molecule has 1 atom stereocenters. The number of hydrogen-bond acceptors (Lipinski definition) is 7. The molecule has 0 amide bonds. The second-order valence-electron chi connectivity index (χ2n) is 7.74. The van der Waals surface area contributed by atoms with Crippen molar-refractivity contribution < 1.29 is 4.42 Å². The first-order valence-corrected chi connectivity index (χ1v) is 10.5. The summed E-state index contributed by atoms with van der Waals surface area (Å²) in [4.78, 5) is 21.5. The van der Waals surface area contributed by atoms with Gasteiger partial charge in [-0.05, 0) is 43.3 Å². The Morgan fingerprint density at radius 3 is 2.81 bits per heavy atom. The van der Waals surface area contributed by atoms with E-state index in [2.05, 4.69) is 21.4 Å². The molecule has 1 aliphatic rings. The maximum Gasteiger partial charge on any atom is 0.343 e. The summed E-state index contributed by atoms with van der Waals surface area (Å²) in [6.07, 6.45) is 5.15. The number of nitrogens with zero attached hydrogens (tertiary/aromatic N) is 4. The molecule has 0 bridgehead atoms. The number of hydrogen-bond donors (Lipinski definition) is 2. The second kappa shape index (κ2) is 7.63. The maximum absolute atomic E-state index is 12.9. The smallest absolute Gasteiger partial charge is 0.343 e. The third-order valence-electron chi connectivity index (χ3n) is 5.92. The molecule has 158 valence electrons. The lowest BCUT2D eigenvalue weighted by molar-refractivity contribution is 0.400. The summed E-state index contributed by atoms with van der Waals surface area (Å²) in [5.74, 6) is 0.989. The zero-order valence-corrected chi connectivity index (χ0v) is 17.6. The topological polar surface area (TPSA) is 112 Å². The van der Waals surface area contributed by atoms with E-state index in [1.807, 2.05) is 38.1 Å². The largest absolute Gasteiger partial charge is 0.424 e. The van der Waals surface area contributed by atoms with Crippen molar-refractivity contribution >= 4 is 33.2 Å². The van der Waals surface area contributed by atoms with Crippen LogP contribution in [-0.2, 0) is 6.42 Å². The van der Waals surface area contributed by atoms with Gasteiger partial charge < -0.3 is 15.5 Å². The predicted octanol–water partition coefficient (Wildman–Crippen LogP) is 3.06. The Labute approximate surface area is 178 Å². The van der Waals surface area contributed by atoms with Crippen molar-refractivity contribution in [2.45, 2.75) is 32.7 Å². The summed E-state index contributed by atoms with van der Waals surface area (Å²) >= 11 is 0. The SMILES string of the molecule is CCc1nn(C(C)c2oc(=O)c3ccccc3c2C2=CCNCC2)c2ncnc(N)c12. The Morgan fingerprint density at radius 2 is 2.06 bits per heavy atom. The summed E-state index contributed by atoms with van der Waals surface area (Å²) in [6, 6.07) is 7.25. The molecule has 31 heavy (non-hydrogen) atoms. The summed E-state index contributed by atoms with van der Waals surface area (Å²) in [7, 11) is 0. The van der Waals surface area contributed by atoms with Gasteiger partial charge in [0.2, 0.25) is 0 Å². The molecule has 8 heteroatoms. The highest BCUT2D eigenvalue weighted by Gasteiger charge is 2.26. The first-order chi connectivity index (χ1) is 15.1. The van der Waals surface area contributed by atoms with Crippen LogP contribution in [0.3, 0.4) is 0 Å². The van der Waals surface area contributed by atoms with E-state index in [1.54, 1.807) is 4.68 Å². The van der Waals surface area contributed by atoms with E-state index in [0.717, 1.165) is 41.5 Å². The molecule has 1 unspecified atom stereocenters. The Hall–Kier alpha value is -3.52. The Bertz CT molecular complexity index is 1380. The fraction of sp³-hybridized carbons (Fsp3) is 0.304. The summed E-state index contributed by atoms with van der Waals surface area (Å²) in [5.41, 5.74) is 9.38. The maximum atomic E-state index is 12.9. The molecule has 0 fully saturated rings. The minimum atomic E-state index is -0.361. The predicted molar refractivity (Wildman–Crippen MR) is 121 cm³/mol. The minimum absolute atomic E-state index is 0.350. The summed E-state index contributed by atoms with van der Waals surface area (Å²) in [5, 5.41) is 10.4. The standard InChI is InChI=1S/C23H24N6O2/c1-3-17-19-21(24)26-12-27-22(19)29(28-17)13(2)20-18(14-8-10-25-11-9-14)15-6-4-5-7-16(15)23(30)31-20/h4-8,12-13,25H,3,9-11H2,1-2H3,(H2,24,26,27). The number of benzene rings is 1. The second-order valence-corrected chi connectivity index (χ2v) is 7.74. The van der Waals surface area contributed by atoms with Crippen LogP contribution in [0.15, 0.2) is 45.9 Å². The first-order valence-electron chi connectivity index (χ1n) is 10.5. The Balaban J connectivity index is 1.80. The molecular weight excluding hydrogens is 392 g/mol. The van der Waals surface area contributed by atoms with Crippen LogP contribution in [0, 0.1) is 0 Å². The van der Waals surface area contributed by atoms with Gasteiger partial charge in [-0.25, -0.2) is 19.4 Å². The number of aryl methyl sites for hydroxylation is 1. The molecule has 3 N–H and O–H groups in total. The van der Waals surface area contributed by atoms with Gasteiger partial charge in [-0.2, -0.15) is 5.10 Å². The van der Waals surface area contributed by atoms with Gasteiger partial charge in [-0.15, -0.1) is 0 Å². The molecule has 0 saturated heterocycles. The highest BCUT2D eigenvalue weighted by molar-refractivity contribution is 5.94. The van der Waals surface area contributed by atoms with Gasteiger partial charge in [-0.3, -0.25) is 0 Å². The molecule has 1 aliphatic heterocycles. The molecule has 0 spiro atoms. The fourth-order valence-corrected chi connectivity index (χ4v) is 4.39. The normalized spacial score (nSPS) is 15.4. The van der Waals surface area contributed by atoms with Crippen LogP contribution in [0.1, 0.15) is 43.3 Å². The molecule has 0 saturated carbocycles. The Morgan fingerprint density at radius 1 is 1.26 bits per heavy atom. The number of rotatable bonds is 4. The van der Waals surface area contributed by atoms with E-state index in [4.69, 9.17) is 15.2 Å². The first kappa shape index (κ1) is 19.4. The quantitative estimate of drug-likeness (QED) is 0.526. The molecule has 8 nitrogen and oxygen atoms in total. The zero-order valence-electron chi connectivity index (χ0n) is 17.6. The average molecular weight is 416 g/mol. The highest BCUT2D eigenvalue weighted by atomic mass is 16.4. The van der Waals surface area contributed by atoms with Crippen LogP contribution in [0.4, 0.5) is 5.82 Å². The summed E-state index contributed by atoms with van der Waals surface area (Å²) in [6.45, 7) is 5.65. The number of aromatic nitrogens is 4. The number of nitrogens with two attached hydrogens (primary N) is 1. The van der Waals surface area contributed by atoms with Gasteiger partial charge in [0, 0.05) is 12.1 Å². The van der Waals surface area contributed by atoms with Crippen LogP contribution in [-0.4, -0.2) is 32.8 Å². The molecule has 3 aromatic heterocycles. The minimum Gasteiger partial charge on any atom is -0.424 e. The van der Waals surface area contributed by atoms with Gasteiger partial charge >= 0.3 is 5.63 Å². The van der Waals surface area contributed by atoms with Crippen LogP contribution >= 0.6 is 0 Å². The molecule has 1 aromatic carbocycles. The fourth-order valence-electron chi connectivity index (χ4n) is 4.39. The van der Waals surface area contributed by atoms with Crippen molar-refractivity contribution in [1.82, 2.24) is 25.1 Å². The van der Waals surface area contributed by atoms with Gasteiger partial charge in [0.25, 0.3) is 0 Å². The monoisotopic (exact) mass is 416 g/mol. The van der Waals surface area contributed by atoms with Crippen LogP contribution in [0.5, 0.6) is 0 Å². The number of nitrogens with one attached hydrogen (secondary N) is 1. The lowest BCUT2D eigenvalue weighted by Gasteiger charge is -2.21. The van der Waals surface area contributed by atoms with Crippen LogP contribution < -0.4 is 16.7 Å². The van der Waals surface area contributed by atoms with E-state index < -0.39 is 0 Å². The molecule has 5 rings (SSSR count). The van der Waals surface area contributed by atoms with Crippen molar-refractivity contribution in [2.24, 2.45) is 0 Å². The third-order valence-corrected chi connectivity index (χ3v) is 5.92. The number of nitrogen functional groups attached to an aromatic ring is 1. The lowest BCUT2D eigenvalue weighted by atomic mass is 9.92. The summed E-state index contributed by atoms with van der Waals surface area (Å²) < 4.78 is 7.76. The lowest BCUT2D eigenvalue weighted by Crippen LogP contribution is -2.22. The van der Waals surface area contributed by atoms with Crippen molar-refractivity contribution in [3.05, 3.63) is 64.1 Å². The number of fused-ring (bicyclic) bond motifs is 2. The van der Waals surface area contributed by atoms with Crippen molar-refractivity contribution in [3.8, 4) is 0 Å². The van der Waals surface area contributed by atoms with Crippen molar-refractivity contribution in [3.63, 3.8) is 0 Å².